The lowest BCUT2D eigenvalue weighted by Gasteiger charge is -2.27. The lowest BCUT2D eigenvalue weighted by Crippen LogP contribution is -2.17. The molecule has 1 aromatic heterocycles. The van der Waals surface area contributed by atoms with Gasteiger partial charge < -0.3 is 10.1 Å². The third kappa shape index (κ3) is 2.62. The predicted molar refractivity (Wildman–Crippen MR) is 81.3 cm³/mol. The molecule has 1 N–H and O–H groups in total. The van der Waals surface area contributed by atoms with Gasteiger partial charge in [0, 0.05) is 5.69 Å². The number of aryl methyl sites for hydroxylation is 2. The minimum Gasteiger partial charge on any atom is -0.497 e. The molecule has 0 aliphatic heterocycles. The highest BCUT2D eigenvalue weighted by Crippen LogP contribution is 2.34. The molecule has 3 rings (SSSR count). The van der Waals surface area contributed by atoms with Gasteiger partial charge in [-0.15, -0.1) is 0 Å². The van der Waals surface area contributed by atoms with Crippen molar-refractivity contribution in [3.63, 3.8) is 0 Å². The molecule has 20 heavy (non-hydrogen) atoms. The zero-order valence-electron chi connectivity index (χ0n) is 12.0. The normalized spacial score (nSPS) is 17.4. The van der Waals surface area contributed by atoms with Gasteiger partial charge in [-0.3, -0.25) is 4.98 Å². The Morgan fingerprint density at radius 3 is 2.90 bits per heavy atom. The van der Waals surface area contributed by atoms with E-state index in [1.165, 1.54) is 17.5 Å². The smallest absolute Gasteiger partial charge is 0.119 e. The Kier molecular flexibility index (Phi) is 3.59. The SMILES string of the molecule is COc1ccc2c(c1)CCCC2Nc1ccc(C)nc1. The van der Waals surface area contributed by atoms with E-state index in [0.717, 1.165) is 30.0 Å². The fourth-order valence-corrected chi connectivity index (χ4v) is 2.82. The lowest BCUT2D eigenvalue weighted by atomic mass is 9.87. The zero-order valence-corrected chi connectivity index (χ0v) is 12.0. The molecule has 0 bridgehead atoms. The predicted octanol–water partition coefficient (Wildman–Crippen LogP) is 3.89. The number of anilines is 1. The first kappa shape index (κ1) is 13.0. The van der Waals surface area contributed by atoms with Crippen LogP contribution in [0.1, 0.15) is 35.7 Å². The van der Waals surface area contributed by atoms with Crippen LogP contribution in [0.15, 0.2) is 36.5 Å². The fourth-order valence-electron chi connectivity index (χ4n) is 2.82. The molecule has 2 aromatic rings. The molecule has 0 spiro atoms. The molecule has 3 heteroatoms. The van der Waals surface area contributed by atoms with Crippen LogP contribution in [-0.2, 0) is 6.42 Å². The van der Waals surface area contributed by atoms with E-state index in [1.807, 2.05) is 25.3 Å². The first-order valence-electron chi connectivity index (χ1n) is 7.12. The summed E-state index contributed by atoms with van der Waals surface area (Å²) in [5.74, 6) is 0.946. The van der Waals surface area contributed by atoms with Crippen molar-refractivity contribution >= 4 is 5.69 Å². The molecule has 3 nitrogen and oxygen atoms in total. The van der Waals surface area contributed by atoms with Gasteiger partial charge in [0.05, 0.1) is 25.0 Å². The number of fused-ring (bicyclic) bond motifs is 1. The maximum absolute atomic E-state index is 5.32. The van der Waals surface area contributed by atoms with Crippen molar-refractivity contribution in [2.75, 3.05) is 12.4 Å². The number of hydrogen-bond acceptors (Lipinski definition) is 3. The molecule has 0 saturated carbocycles. The van der Waals surface area contributed by atoms with Crippen molar-refractivity contribution in [3.8, 4) is 5.75 Å². The van der Waals surface area contributed by atoms with E-state index in [2.05, 4.69) is 28.5 Å². The summed E-state index contributed by atoms with van der Waals surface area (Å²) in [5, 5.41) is 3.60. The molecule has 1 atom stereocenters. The summed E-state index contributed by atoms with van der Waals surface area (Å²) in [6.45, 7) is 2.01. The average molecular weight is 268 g/mol. The first-order valence-corrected chi connectivity index (χ1v) is 7.12. The van der Waals surface area contributed by atoms with Gasteiger partial charge in [0.15, 0.2) is 0 Å². The maximum atomic E-state index is 5.32. The third-order valence-corrected chi connectivity index (χ3v) is 3.92. The molecule has 1 aliphatic carbocycles. The lowest BCUT2D eigenvalue weighted by molar-refractivity contribution is 0.413. The first-order chi connectivity index (χ1) is 9.76. The summed E-state index contributed by atoms with van der Waals surface area (Å²) in [5.41, 5.74) is 4.92. The standard InChI is InChI=1S/C17H20N2O/c1-12-6-7-14(11-18-12)19-17-5-3-4-13-10-15(20-2)8-9-16(13)17/h6-11,17,19H,3-5H2,1-2H3. The molecule has 1 heterocycles. The Morgan fingerprint density at radius 1 is 1.25 bits per heavy atom. The number of rotatable bonds is 3. The molecule has 1 aliphatic rings. The van der Waals surface area contributed by atoms with Crippen LogP contribution in [0.2, 0.25) is 0 Å². The summed E-state index contributed by atoms with van der Waals surface area (Å²) in [6.07, 6.45) is 5.41. The van der Waals surface area contributed by atoms with E-state index in [9.17, 15) is 0 Å². The largest absolute Gasteiger partial charge is 0.497 e. The molecule has 0 radical (unpaired) electrons. The van der Waals surface area contributed by atoms with Gasteiger partial charge >= 0.3 is 0 Å². The Labute approximate surface area is 120 Å². The van der Waals surface area contributed by atoms with Crippen LogP contribution in [-0.4, -0.2) is 12.1 Å². The van der Waals surface area contributed by atoms with Crippen LogP contribution in [0.4, 0.5) is 5.69 Å². The van der Waals surface area contributed by atoms with E-state index in [1.54, 1.807) is 7.11 Å². The number of ether oxygens (including phenoxy) is 1. The number of nitrogens with one attached hydrogen (secondary N) is 1. The van der Waals surface area contributed by atoms with Crippen LogP contribution in [0, 0.1) is 6.92 Å². The Morgan fingerprint density at radius 2 is 2.15 bits per heavy atom. The highest BCUT2D eigenvalue weighted by Gasteiger charge is 2.20. The second-order valence-electron chi connectivity index (χ2n) is 5.34. The second kappa shape index (κ2) is 5.53. The number of benzene rings is 1. The molecule has 0 fully saturated rings. The molecule has 1 unspecified atom stereocenters. The maximum Gasteiger partial charge on any atom is 0.119 e. The minimum absolute atomic E-state index is 0.370. The average Bonchev–Trinajstić information content (AvgIpc) is 2.49. The van der Waals surface area contributed by atoms with Crippen molar-refractivity contribution in [3.05, 3.63) is 53.3 Å². The van der Waals surface area contributed by atoms with E-state index in [-0.39, 0.29) is 0 Å². The van der Waals surface area contributed by atoms with Gasteiger partial charge in [-0.2, -0.15) is 0 Å². The minimum atomic E-state index is 0.370. The van der Waals surface area contributed by atoms with Crippen LogP contribution in [0.3, 0.4) is 0 Å². The molecular formula is C17H20N2O. The highest BCUT2D eigenvalue weighted by molar-refractivity contribution is 5.47. The van der Waals surface area contributed by atoms with Gasteiger partial charge in [0.2, 0.25) is 0 Å². The summed E-state index contributed by atoms with van der Waals surface area (Å²) in [6, 6.07) is 10.9. The van der Waals surface area contributed by atoms with Crippen LogP contribution in [0.25, 0.3) is 0 Å². The van der Waals surface area contributed by atoms with Crippen LogP contribution in [0.5, 0.6) is 5.75 Å². The summed E-state index contributed by atoms with van der Waals surface area (Å²) in [4.78, 5) is 4.35. The molecule has 104 valence electrons. The summed E-state index contributed by atoms with van der Waals surface area (Å²) < 4.78 is 5.32. The van der Waals surface area contributed by atoms with Gasteiger partial charge in [0.25, 0.3) is 0 Å². The van der Waals surface area contributed by atoms with Gasteiger partial charge in [0.1, 0.15) is 5.75 Å². The number of nitrogens with zero attached hydrogens (tertiary/aromatic N) is 1. The third-order valence-electron chi connectivity index (χ3n) is 3.92. The number of methoxy groups -OCH3 is 1. The molecule has 1 aromatic carbocycles. The van der Waals surface area contributed by atoms with Gasteiger partial charge in [-0.1, -0.05) is 6.07 Å². The van der Waals surface area contributed by atoms with Crippen molar-refractivity contribution in [2.24, 2.45) is 0 Å². The van der Waals surface area contributed by atoms with E-state index < -0.39 is 0 Å². The van der Waals surface area contributed by atoms with Crippen molar-refractivity contribution in [1.29, 1.82) is 0 Å². The quantitative estimate of drug-likeness (QED) is 0.917. The van der Waals surface area contributed by atoms with Crippen molar-refractivity contribution in [1.82, 2.24) is 4.98 Å². The second-order valence-corrected chi connectivity index (χ2v) is 5.34. The van der Waals surface area contributed by atoms with Crippen molar-refractivity contribution in [2.45, 2.75) is 32.2 Å². The van der Waals surface area contributed by atoms with E-state index >= 15 is 0 Å². The zero-order chi connectivity index (χ0) is 13.9. The van der Waals surface area contributed by atoms with Crippen molar-refractivity contribution < 1.29 is 4.74 Å². The van der Waals surface area contributed by atoms with Gasteiger partial charge in [-0.05, 0) is 61.6 Å². The number of pyridine rings is 1. The number of aromatic nitrogens is 1. The summed E-state index contributed by atoms with van der Waals surface area (Å²) in [7, 11) is 1.72. The Bertz CT molecular complexity index is 592. The molecule has 0 saturated heterocycles. The highest BCUT2D eigenvalue weighted by atomic mass is 16.5. The Balaban J connectivity index is 1.84. The summed E-state index contributed by atoms with van der Waals surface area (Å²) >= 11 is 0. The molecule has 0 amide bonds. The number of hydrogen-bond donors (Lipinski definition) is 1. The van der Waals surface area contributed by atoms with E-state index in [4.69, 9.17) is 4.74 Å². The van der Waals surface area contributed by atoms with Crippen LogP contribution >= 0.6 is 0 Å². The van der Waals surface area contributed by atoms with Gasteiger partial charge in [-0.25, -0.2) is 0 Å². The topological polar surface area (TPSA) is 34.1 Å². The fraction of sp³-hybridized carbons (Fsp3) is 0.353. The van der Waals surface area contributed by atoms with E-state index in [0.29, 0.717) is 6.04 Å². The molecular weight excluding hydrogens is 248 g/mol. The Hall–Kier alpha value is -2.03. The monoisotopic (exact) mass is 268 g/mol. The van der Waals surface area contributed by atoms with Crippen LogP contribution < -0.4 is 10.1 Å².